The molecule has 0 aliphatic rings. The molecule has 0 radical (unpaired) electrons. The fourth-order valence-electron chi connectivity index (χ4n) is 3.16. The van der Waals surface area contributed by atoms with Gasteiger partial charge in [0.15, 0.2) is 12.4 Å². The van der Waals surface area contributed by atoms with Gasteiger partial charge in [0.1, 0.15) is 16.8 Å². The topological polar surface area (TPSA) is 93.5 Å². The van der Waals surface area contributed by atoms with Crippen LogP contribution in [0.15, 0.2) is 100 Å². The minimum Gasteiger partial charge on any atom is -0.484 e. The lowest BCUT2D eigenvalue weighted by Crippen LogP contribution is -2.20. The Bertz CT molecular complexity index is 1250. The van der Waals surface area contributed by atoms with Crippen molar-refractivity contribution in [2.24, 2.45) is 0 Å². The van der Waals surface area contributed by atoms with Gasteiger partial charge in [-0.05, 0) is 42.8 Å². The summed E-state index contributed by atoms with van der Waals surface area (Å²) in [6, 6.07) is 27.6. The maximum atomic E-state index is 13.1. The van der Waals surface area contributed by atoms with E-state index >= 15 is 0 Å². The lowest BCUT2D eigenvalue weighted by molar-refractivity contribution is -0.118. The molecule has 2 N–H and O–H groups in total. The van der Waals surface area contributed by atoms with Crippen molar-refractivity contribution in [3.63, 3.8) is 0 Å². The first-order valence-electron chi connectivity index (χ1n) is 10.6. The molecule has 0 aliphatic heterocycles. The van der Waals surface area contributed by atoms with E-state index in [1.54, 1.807) is 31.2 Å². The summed E-state index contributed by atoms with van der Waals surface area (Å²) in [5.74, 6) is 1.10. The molecule has 7 nitrogen and oxygen atoms in total. The largest absolute Gasteiger partial charge is 0.484 e. The van der Waals surface area contributed by atoms with E-state index in [0.717, 1.165) is 10.5 Å². The van der Waals surface area contributed by atoms with Crippen molar-refractivity contribution in [2.45, 2.75) is 17.1 Å². The second-order valence-corrected chi connectivity index (χ2v) is 8.58. The van der Waals surface area contributed by atoms with Crippen LogP contribution in [0.1, 0.15) is 16.6 Å². The number of nitrogens with one attached hydrogen (secondary N) is 2. The highest BCUT2D eigenvalue weighted by molar-refractivity contribution is 8.00. The van der Waals surface area contributed by atoms with E-state index in [1.165, 1.54) is 11.8 Å². The zero-order valence-electron chi connectivity index (χ0n) is 18.4. The van der Waals surface area contributed by atoms with Crippen molar-refractivity contribution < 1.29 is 18.8 Å². The van der Waals surface area contributed by atoms with E-state index in [4.69, 9.17) is 9.26 Å². The molecule has 0 fully saturated rings. The van der Waals surface area contributed by atoms with Crippen LogP contribution in [0.2, 0.25) is 0 Å². The van der Waals surface area contributed by atoms with Crippen LogP contribution in [0.4, 0.5) is 11.5 Å². The fourth-order valence-corrected chi connectivity index (χ4v) is 4.25. The second kappa shape index (κ2) is 11.2. The molecule has 2 amide bonds. The van der Waals surface area contributed by atoms with Crippen LogP contribution >= 0.6 is 11.8 Å². The summed E-state index contributed by atoms with van der Waals surface area (Å²) in [7, 11) is 0. The van der Waals surface area contributed by atoms with Crippen LogP contribution in [0.3, 0.4) is 0 Å². The number of carbonyl (C=O) groups excluding carboxylic acids is 2. The summed E-state index contributed by atoms with van der Waals surface area (Å²) in [5.41, 5.74) is 1.46. The lowest BCUT2D eigenvalue weighted by Gasteiger charge is -2.17. The average molecular weight is 474 g/mol. The predicted octanol–water partition coefficient (Wildman–Crippen LogP) is 5.47. The number of amides is 2. The van der Waals surface area contributed by atoms with Crippen LogP contribution in [0.5, 0.6) is 5.75 Å². The van der Waals surface area contributed by atoms with Gasteiger partial charge >= 0.3 is 0 Å². The van der Waals surface area contributed by atoms with Crippen LogP contribution in [-0.2, 0) is 9.59 Å². The van der Waals surface area contributed by atoms with Crippen LogP contribution < -0.4 is 15.4 Å². The van der Waals surface area contributed by atoms with Crippen molar-refractivity contribution in [1.29, 1.82) is 0 Å². The lowest BCUT2D eigenvalue weighted by atomic mass is 10.1. The third-order valence-electron chi connectivity index (χ3n) is 4.70. The van der Waals surface area contributed by atoms with Crippen LogP contribution in [0.25, 0.3) is 0 Å². The molecule has 34 heavy (non-hydrogen) atoms. The Balaban J connectivity index is 1.44. The summed E-state index contributed by atoms with van der Waals surface area (Å²) in [6.07, 6.45) is 0. The maximum absolute atomic E-state index is 13.1. The molecule has 0 bridgehead atoms. The average Bonchev–Trinajstić information content (AvgIpc) is 3.27. The summed E-state index contributed by atoms with van der Waals surface area (Å²) >= 11 is 1.37. The Morgan fingerprint density at radius 2 is 1.68 bits per heavy atom. The zero-order valence-corrected chi connectivity index (χ0v) is 19.2. The molecule has 8 heteroatoms. The van der Waals surface area contributed by atoms with Gasteiger partial charge in [-0.3, -0.25) is 9.59 Å². The van der Waals surface area contributed by atoms with Gasteiger partial charge in [0, 0.05) is 16.6 Å². The second-order valence-electron chi connectivity index (χ2n) is 7.40. The summed E-state index contributed by atoms with van der Waals surface area (Å²) in [5, 5.41) is 8.96. The quantitative estimate of drug-likeness (QED) is 0.313. The van der Waals surface area contributed by atoms with Crippen LogP contribution in [0, 0.1) is 6.92 Å². The molecule has 0 saturated heterocycles. The number of benzene rings is 3. The highest BCUT2D eigenvalue weighted by Gasteiger charge is 2.23. The predicted molar refractivity (Wildman–Crippen MR) is 132 cm³/mol. The Hall–Kier alpha value is -4.04. The van der Waals surface area contributed by atoms with Crippen LogP contribution in [-0.4, -0.2) is 23.6 Å². The molecular weight excluding hydrogens is 450 g/mol. The van der Waals surface area contributed by atoms with E-state index in [1.807, 2.05) is 66.7 Å². The highest BCUT2D eigenvalue weighted by atomic mass is 32.2. The fraction of sp³-hybridized carbons (Fsp3) is 0.115. The summed E-state index contributed by atoms with van der Waals surface area (Å²) < 4.78 is 10.5. The first-order chi connectivity index (χ1) is 16.6. The number of ether oxygens (including phenoxy) is 1. The van der Waals surface area contributed by atoms with Gasteiger partial charge in [-0.25, -0.2) is 0 Å². The van der Waals surface area contributed by atoms with E-state index in [9.17, 15) is 9.59 Å². The van der Waals surface area contributed by atoms with Crippen molar-refractivity contribution in [3.05, 3.63) is 102 Å². The van der Waals surface area contributed by atoms with E-state index < -0.39 is 5.25 Å². The normalized spacial score (nSPS) is 11.4. The molecule has 4 rings (SSSR count). The van der Waals surface area contributed by atoms with Crippen molar-refractivity contribution in [1.82, 2.24) is 5.16 Å². The SMILES string of the molecule is Cc1cc(NC(=O)C(Sc2cccc(NC(=O)COc3ccccc3)c2)c2ccccc2)no1. The molecule has 0 aliphatic carbocycles. The molecule has 1 heterocycles. The number of aryl methyl sites for hydroxylation is 1. The van der Waals surface area contributed by atoms with Crippen molar-refractivity contribution in [3.8, 4) is 5.75 Å². The van der Waals surface area contributed by atoms with Gasteiger partial charge in [-0.2, -0.15) is 0 Å². The molecule has 0 spiro atoms. The minimum absolute atomic E-state index is 0.104. The third kappa shape index (κ3) is 6.49. The van der Waals surface area contributed by atoms with Gasteiger partial charge in [0.2, 0.25) is 5.91 Å². The monoisotopic (exact) mass is 473 g/mol. The standard InChI is InChI=1S/C26H23N3O4S/c1-18-15-23(29-33-18)28-26(31)25(19-9-4-2-5-10-19)34-22-14-8-11-20(16-22)27-24(30)17-32-21-12-6-3-7-13-21/h2-16,25H,17H2,1H3,(H,27,30)(H,28,29,31). The first-order valence-corrected chi connectivity index (χ1v) is 11.5. The molecule has 3 aromatic carbocycles. The molecule has 0 saturated carbocycles. The van der Waals surface area contributed by atoms with Gasteiger partial charge in [0.05, 0.1) is 0 Å². The van der Waals surface area contributed by atoms with Gasteiger partial charge in [-0.1, -0.05) is 59.8 Å². The van der Waals surface area contributed by atoms with Gasteiger partial charge < -0.3 is 19.9 Å². The summed E-state index contributed by atoms with van der Waals surface area (Å²) in [6.45, 7) is 1.66. The van der Waals surface area contributed by atoms with Crippen molar-refractivity contribution >= 4 is 35.1 Å². The zero-order chi connectivity index (χ0) is 23.8. The number of rotatable bonds is 9. The Morgan fingerprint density at radius 1 is 0.941 bits per heavy atom. The van der Waals surface area contributed by atoms with Crippen molar-refractivity contribution in [2.75, 3.05) is 17.2 Å². The molecule has 4 aromatic rings. The third-order valence-corrected chi connectivity index (χ3v) is 5.95. The maximum Gasteiger partial charge on any atom is 0.262 e. The number of para-hydroxylation sites is 1. The number of thioether (sulfide) groups is 1. The molecule has 1 unspecified atom stereocenters. The Morgan fingerprint density at radius 3 is 2.38 bits per heavy atom. The molecule has 172 valence electrons. The number of hydrogen-bond donors (Lipinski definition) is 2. The minimum atomic E-state index is -0.537. The molecule has 1 atom stereocenters. The highest BCUT2D eigenvalue weighted by Crippen LogP contribution is 2.37. The van der Waals surface area contributed by atoms with Gasteiger partial charge in [-0.15, -0.1) is 11.8 Å². The van der Waals surface area contributed by atoms with E-state index in [2.05, 4.69) is 15.8 Å². The molecule has 1 aromatic heterocycles. The van der Waals surface area contributed by atoms with Gasteiger partial charge in [0.25, 0.3) is 5.91 Å². The Kier molecular flexibility index (Phi) is 7.62. The summed E-state index contributed by atoms with van der Waals surface area (Å²) in [4.78, 5) is 26.3. The van der Waals surface area contributed by atoms with E-state index in [-0.39, 0.29) is 18.4 Å². The number of hydrogen-bond acceptors (Lipinski definition) is 6. The van der Waals surface area contributed by atoms with E-state index in [0.29, 0.717) is 23.0 Å². The number of aromatic nitrogens is 1. The number of anilines is 2. The number of nitrogens with zero attached hydrogens (tertiary/aromatic N) is 1. The molecular formula is C26H23N3O4S. The Labute approximate surface area is 201 Å². The first kappa shape index (κ1) is 23.1. The smallest absolute Gasteiger partial charge is 0.262 e. The number of carbonyl (C=O) groups is 2.